The minimum absolute atomic E-state index is 0.102. The van der Waals surface area contributed by atoms with Crippen molar-refractivity contribution < 1.29 is 9.53 Å². The number of carbonyl (C=O) groups excluding carboxylic acids is 1. The Hall–Kier alpha value is -3.08. The predicted octanol–water partition coefficient (Wildman–Crippen LogP) is 3.58. The monoisotopic (exact) mass is 349 g/mol. The van der Waals surface area contributed by atoms with Crippen LogP contribution in [0.5, 0.6) is 5.75 Å². The van der Waals surface area contributed by atoms with Crippen LogP contribution in [0.4, 0.5) is 0 Å². The van der Waals surface area contributed by atoms with Gasteiger partial charge in [-0.05, 0) is 43.2 Å². The quantitative estimate of drug-likeness (QED) is 0.709. The maximum Gasteiger partial charge on any atom is 0.249 e. The highest BCUT2D eigenvalue weighted by Gasteiger charge is 2.22. The van der Waals surface area contributed by atoms with Crippen LogP contribution in [0.2, 0.25) is 0 Å². The molecule has 3 rings (SSSR count). The van der Waals surface area contributed by atoms with Crippen molar-refractivity contribution in [3.05, 3.63) is 84.2 Å². The highest BCUT2D eigenvalue weighted by Crippen LogP contribution is 2.19. The summed E-state index contributed by atoms with van der Waals surface area (Å²) in [6, 6.07) is 18.7. The third kappa shape index (κ3) is 4.51. The summed E-state index contributed by atoms with van der Waals surface area (Å²) in [6.07, 6.45) is 3.59. The Morgan fingerprint density at radius 1 is 1.12 bits per heavy atom. The molecule has 0 saturated heterocycles. The van der Waals surface area contributed by atoms with Crippen LogP contribution in [-0.4, -0.2) is 21.8 Å². The highest BCUT2D eigenvalue weighted by atomic mass is 16.5. The summed E-state index contributed by atoms with van der Waals surface area (Å²) in [5, 5.41) is 7.26. The number of rotatable bonds is 7. The van der Waals surface area contributed by atoms with E-state index in [-0.39, 0.29) is 12.0 Å². The molecular weight excluding hydrogens is 326 g/mol. The molecule has 3 aromatic rings. The summed E-state index contributed by atoms with van der Waals surface area (Å²) >= 11 is 0. The maximum atomic E-state index is 12.9. The smallest absolute Gasteiger partial charge is 0.249 e. The predicted molar refractivity (Wildman–Crippen MR) is 101 cm³/mol. The summed E-state index contributed by atoms with van der Waals surface area (Å²) in [4.78, 5) is 12.9. The average molecular weight is 349 g/mol. The lowest BCUT2D eigenvalue weighted by Crippen LogP contribution is -2.33. The van der Waals surface area contributed by atoms with Crippen LogP contribution in [0, 0.1) is 0 Å². The lowest BCUT2D eigenvalue weighted by atomic mass is 10.1. The van der Waals surface area contributed by atoms with Gasteiger partial charge in [0.2, 0.25) is 5.91 Å². The van der Waals surface area contributed by atoms with Gasteiger partial charge < -0.3 is 10.1 Å². The van der Waals surface area contributed by atoms with Crippen molar-refractivity contribution in [1.29, 1.82) is 0 Å². The van der Waals surface area contributed by atoms with Gasteiger partial charge in [-0.15, -0.1) is 0 Å². The number of nitrogens with zero attached hydrogens (tertiary/aromatic N) is 2. The van der Waals surface area contributed by atoms with Crippen LogP contribution in [0.25, 0.3) is 0 Å². The topological polar surface area (TPSA) is 56.1 Å². The molecule has 0 aliphatic rings. The zero-order valence-corrected chi connectivity index (χ0v) is 15.0. The molecule has 2 aromatic carbocycles. The molecule has 0 radical (unpaired) electrons. The van der Waals surface area contributed by atoms with E-state index in [4.69, 9.17) is 4.74 Å². The summed E-state index contributed by atoms with van der Waals surface area (Å²) in [7, 11) is 0. The van der Waals surface area contributed by atoms with Crippen LogP contribution in [0.1, 0.15) is 31.0 Å². The van der Waals surface area contributed by atoms with Gasteiger partial charge in [-0.3, -0.25) is 9.48 Å². The van der Waals surface area contributed by atoms with Gasteiger partial charge in [0.05, 0.1) is 6.10 Å². The standard InChI is InChI=1S/C21H23N3O2/c1-16(2)26-19-11-6-8-17(14-19)15-22-21(25)20(24-13-7-12-23-24)18-9-4-3-5-10-18/h3-14,16,20H,15H2,1-2H3,(H,22,25)/t20-/m1/s1. The molecule has 0 fully saturated rings. The molecule has 0 bridgehead atoms. The van der Waals surface area contributed by atoms with Crippen molar-refractivity contribution in [2.24, 2.45) is 0 Å². The van der Waals surface area contributed by atoms with Crippen molar-refractivity contribution in [2.75, 3.05) is 0 Å². The molecule has 0 spiro atoms. The van der Waals surface area contributed by atoms with E-state index in [0.29, 0.717) is 6.54 Å². The molecule has 1 atom stereocenters. The summed E-state index contributed by atoms with van der Waals surface area (Å²) in [5.41, 5.74) is 1.88. The number of amides is 1. The number of hydrogen-bond acceptors (Lipinski definition) is 3. The molecule has 1 N–H and O–H groups in total. The fourth-order valence-electron chi connectivity index (χ4n) is 2.78. The minimum atomic E-state index is -0.499. The van der Waals surface area contributed by atoms with Crippen LogP contribution < -0.4 is 10.1 Å². The Labute approximate surface area is 153 Å². The molecule has 5 nitrogen and oxygen atoms in total. The van der Waals surface area contributed by atoms with E-state index in [0.717, 1.165) is 16.9 Å². The second-order valence-electron chi connectivity index (χ2n) is 6.33. The van der Waals surface area contributed by atoms with E-state index < -0.39 is 6.04 Å². The van der Waals surface area contributed by atoms with E-state index in [9.17, 15) is 4.79 Å². The first kappa shape index (κ1) is 17.7. The van der Waals surface area contributed by atoms with Crippen LogP contribution in [-0.2, 0) is 11.3 Å². The number of benzene rings is 2. The van der Waals surface area contributed by atoms with Crippen LogP contribution in [0.3, 0.4) is 0 Å². The maximum absolute atomic E-state index is 12.9. The summed E-state index contributed by atoms with van der Waals surface area (Å²) in [6.45, 7) is 4.41. The Morgan fingerprint density at radius 3 is 2.62 bits per heavy atom. The Balaban J connectivity index is 1.73. The fourth-order valence-corrected chi connectivity index (χ4v) is 2.78. The van der Waals surface area contributed by atoms with Crippen molar-refractivity contribution >= 4 is 5.91 Å². The normalized spacial score (nSPS) is 12.0. The number of nitrogens with one attached hydrogen (secondary N) is 1. The number of carbonyl (C=O) groups is 1. The number of hydrogen-bond donors (Lipinski definition) is 1. The lowest BCUT2D eigenvalue weighted by molar-refractivity contribution is -0.123. The molecule has 26 heavy (non-hydrogen) atoms. The van der Waals surface area contributed by atoms with Gasteiger partial charge in [-0.25, -0.2) is 0 Å². The van der Waals surface area contributed by atoms with Crippen molar-refractivity contribution in [2.45, 2.75) is 32.5 Å². The molecule has 1 aromatic heterocycles. The molecule has 0 aliphatic heterocycles. The molecule has 1 heterocycles. The molecule has 1 amide bonds. The summed E-state index contributed by atoms with van der Waals surface area (Å²) < 4.78 is 7.38. The van der Waals surface area contributed by atoms with Gasteiger partial charge in [0, 0.05) is 18.9 Å². The van der Waals surface area contributed by atoms with Crippen LogP contribution >= 0.6 is 0 Å². The number of ether oxygens (including phenoxy) is 1. The third-order valence-corrected chi connectivity index (χ3v) is 3.89. The van der Waals surface area contributed by atoms with Crippen molar-refractivity contribution in [3.8, 4) is 5.75 Å². The average Bonchev–Trinajstić information content (AvgIpc) is 3.15. The molecule has 134 valence electrons. The van der Waals surface area contributed by atoms with Gasteiger partial charge in [-0.2, -0.15) is 5.10 Å². The van der Waals surface area contributed by atoms with Crippen molar-refractivity contribution in [1.82, 2.24) is 15.1 Å². The lowest BCUT2D eigenvalue weighted by Gasteiger charge is -2.18. The Bertz CT molecular complexity index is 829. The molecule has 0 saturated carbocycles. The van der Waals surface area contributed by atoms with E-state index >= 15 is 0 Å². The fraction of sp³-hybridized carbons (Fsp3) is 0.238. The second-order valence-corrected chi connectivity index (χ2v) is 6.33. The largest absolute Gasteiger partial charge is 0.491 e. The zero-order chi connectivity index (χ0) is 18.4. The van der Waals surface area contributed by atoms with E-state index in [1.807, 2.05) is 74.5 Å². The van der Waals surface area contributed by atoms with Crippen molar-refractivity contribution in [3.63, 3.8) is 0 Å². The third-order valence-electron chi connectivity index (χ3n) is 3.89. The second kappa shape index (κ2) is 8.34. The van der Waals surface area contributed by atoms with Gasteiger partial charge >= 0.3 is 0 Å². The van der Waals surface area contributed by atoms with Gasteiger partial charge in [0.1, 0.15) is 5.75 Å². The molecular formula is C21H23N3O2. The Morgan fingerprint density at radius 2 is 1.92 bits per heavy atom. The van der Waals surface area contributed by atoms with Gasteiger partial charge in [-0.1, -0.05) is 42.5 Å². The van der Waals surface area contributed by atoms with Gasteiger partial charge in [0.25, 0.3) is 0 Å². The highest BCUT2D eigenvalue weighted by molar-refractivity contribution is 5.83. The van der Waals surface area contributed by atoms with E-state index in [1.54, 1.807) is 17.1 Å². The first-order chi connectivity index (χ1) is 12.6. The minimum Gasteiger partial charge on any atom is -0.491 e. The number of aromatic nitrogens is 2. The first-order valence-electron chi connectivity index (χ1n) is 8.71. The first-order valence-corrected chi connectivity index (χ1v) is 8.71. The van der Waals surface area contributed by atoms with Crippen LogP contribution in [0.15, 0.2) is 73.1 Å². The molecule has 0 aliphatic carbocycles. The molecule has 0 unspecified atom stereocenters. The Kier molecular flexibility index (Phi) is 5.69. The summed E-state index contributed by atoms with van der Waals surface area (Å²) in [5.74, 6) is 0.702. The van der Waals surface area contributed by atoms with Gasteiger partial charge in [0.15, 0.2) is 6.04 Å². The van der Waals surface area contributed by atoms with E-state index in [1.165, 1.54) is 0 Å². The SMILES string of the molecule is CC(C)Oc1cccc(CNC(=O)[C@@H](c2ccccc2)n2cccn2)c1. The zero-order valence-electron chi connectivity index (χ0n) is 15.0. The molecule has 5 heteroatoms. The van der Waals surface area contributed by atoms with E-state index in [2.05, 4.69) is 10.4 Å².